The maximum Gasteiger partial charge on any atom is 0.129 e. The van der Waals surface area contributed by atoms with Crippen molar-refractivity contribution < 1.29 is 4.74 Å². The molecule has 2 nitrogen and oxygen atoms in total. The van der Waals surface area contributed by atoms with Crippen LogP contribution in [0.4, 0.5) is 0 Å². The summed E-state index contributed by atoms with van der Waals surface area (Å²) in [6.07, 6.45) is 1.01. The van der Waals surface area contributed by atoms with Crippen LogP contribution in [0, 0.1) is 0 Å². The molecule has 0 radical (unpaired) electrons. The van der Waals surface area contributed by atoms with Gasteiger partial charge in [0.25, 0.3) is 0 Å². The number of methoxy groups -OCH3 is 1. The van der Waals surface area contributed by atoms with E-state index in [4.69, 9.17) is 4.74 Å². The second kappa shape index (κ2) is 7.62. The van der Waals surface area contributed by atoms with E-state index in [1.165, 1.54) is 16.0 Å². The number of hydrogen-bond donors (Lipinski definition) is 1. The van der Waals surface area contributed by atoms with Gasteiger partial charge >= 0.3 is 0 Å². The zero-order valence-electron chi connectivity index (χ0n) is 13.3. The molecule has 0 bridgehead atoms. The maximum absolute atomic E-state index is 5.30. The monoisotopic (exact) mass is 303 g/mol. The molecule has 0 aliphatic carbocycles. The molecule has 2 aromatic rings. The minimum atomic E-state index is 0.355. The average Bonchev–Trinajstić information content (AvgIpc) is 2.96. The van der Waals surface area contributed by atoms with E-state index in [1.54, 1.807) is 18.4 Å². The van der Waals surface area contributed by atoms with Crippen molar-refractivity contribution in [3.63, 3.8) is 0 Å². The van der Waals surface area contributed by atoms with Gasteiger partial charge in [-0.05, 0) is 36.1 Å². The highest BCUT2D eigenvalue weighted by atomic mass is 32.1. The normalized spacial score (nSPS) is 12.6. The van der Waals surface area contributed by atoms with Crippen molar-refractivity contribution >= 4 is 11.3 Å². The van der Waals surface area contributed by atoms with E-state index < -0.39 is 0 Å². The molecule has 0 aliphatic rings. The van der Waals surface area contributed by atoms with Crippen LogP contribution < -0.4 is 10.1 Å². The minimum Gasteiger partial charge on any atom is -0.496 e. The second-order valence-electron chi connectivity index (χ2n) is 5.60. The molecule has 0 spiro atoms. The number of nitrogens with one attached hydrogen (secondary N) is 1. The van der Waals surface area contributed by atoms with Crippen molar-refractivity contribution in [2.75, 3.05) is 13.7 Å². The van der Waals surface area contributed by atoms with Gasteiger partial charge in [-0.1, -0.05) is 45.0 Å². The lowest BCUT2D eigenvalue weighted by Crippen LogP contribution is -2.22. The van der Waals surface area contributed by atoms with Gasteiger partial charge in [-0.3, -0.25) is 0 Å². The quantitative estimate of drug-likeness (QED) is 0.795. The fourth-order valence-corrected chi connectivity index (χ4v) is 3.35. The van der Waals surface area contributed by atoms with E-state index >= 15 is 0 Å². The summed E-state index contributed by atoms with van der Waals surface area (Å²) in [5.41, 5.74) is 2.77. The van der Waals surface area contributed by atoms with Crippen LogP contribution in [0.25, 0.3) is 0 Å². The summed E-state index contributed by atoms with van der Waals surface area (Å²) in [5.74, 6) is 1.54. The van der Waals surface area contributed by atoms with Crippen molar-refractivity contribution in [3.8, 4) is 5.75 Å². The first-order chi connectivity index (χ1) is 10.1. The zero-order chi connectivity index (χ0) is 15.2. The molecule has 1 aromatic carbocycles. The van der Waals surface area contributed by atoms with E-state index in [-0.39, 0.29) is 0 Å². The molecule has 1 unspecified atom stereocenters. The fourth-order valence-electron chi connectivity index (χ4n) is 2.42. The summed E-state index contributed by atoms with van der Waals surface area (Å²) < 4.78 is 5.30. The summed E-state index contributed by atoms with van der Waals surface area (Å²) in [6.45, 7) is 7.58. The van der Waals surface area contributed by atoms with E-state index in [9.17, 15) is 0 Å². The topological polar surface area (TPSA) is 21.3 Å². The van der Waals surface area contributed by atoms with Gasteiger partial charge < -0.3 is 10.1 Å². The van der Waals surface area contributed by atoms with Crippen LogP contribution in [0.5, 0.6) is 5.75 Å². The maximum atomic E-state index is 5.30. The number of benzene rings is 1. The third-order valence-corrected chi connectivity index (χ3v) is 4.74. The van der Waals surface area contributed by atoms with E-state index in [0.717, 1.165) is 18.7 Å². The Balaban J connectivity index is 2.11. The van der Waals surface area contributed by atoms with Crippen molar-refractivity contribution in [1.29, 1.82) is 0 Å². The van der Waals surface area contributed by atoms with Crippen molar-refractivity contribution in [2.24, 2.45) is 0 Å². The molecule has 1 aromatic heterocycles. The van der Waals surface area contributed by atoms with Gasteiger partial charge in [0.2, 0.25) is 0 Å². The lowest BCUT2D eigenvalue weighted by molar-refractivity contribution is 0.415. The third-order valence-electron chi connectivity index (χ3n) is 3.71. The van der Waals surface area contributed by atoms with Gasteiger partial charge in [-0.15, -0.1) is 11.3 Å². The van der Waals surface area contributed by atoms with Gasteiger partial charge in [0.1, 0.15) is 5.75 Å². The number of rotatable bonds is 7. The Labute approximate surface area is 132 Å². The smallest absolute Gasteiger partial charge is 0.129 e. The third kappa shape index (κ3) is 4.32. The van der Waals surface area contributed by atoms with Gasteiger partial charge in [0.15, 0.2) is 0 Å². The molecule has 0 fully saturated rings. The zero-order valence-corrected chi connectivity index (χ0v) is 14.2. The Kier molecular flexibility index (Phi) is 5.83. The van der Waals surface area contributed by atoms with E-state index in [0.29, 0.717) is 12.0 Å². The lowest BCUT2D eigenvalue weighted by atomic mass is 9.98. The SMILES string of the molecule is CCNC(Cc1ccc(C(C)C)cc1)c1cc(OC)cs1. The molecule has 1 N–H and O–H groups in total. The molecule has 1 atom stereocenters. The predicted molar refractivity (Wildman–Crippen MR) is 91.5 cm³/mol. The van der Waals surface area contributed by atoms with Crippen LogP contribution in [0.15, 0.2) is 35.7 Å². The van der Waals surface area contributed by atoms with Crippen molar-refractivity contribution in [1.82, 2.24) is 5.32 Å². The van der Waals surface area contributed by atoms with Crippen LogP contribution in [-0.2, 0) is 6.42 Å². The van der Waals surface area contributed by atoms with Gasteiger partial charge in [0.05, 0.1) is 7.11 Å². The molecule has 0 aliphatic heterocycles. The number of thiophene rings is 1. The Morgan fingerprint density at radius 2 is 1.90 bits per heavy atom. The number of hydrogen-bond acceptors (Lipinski definition) is 3. The highest BCUT2D eigenvalue weighted by Gasteiger charge is 2.14. The van der Waals surface area contributed by atoms with Gasteiger partial charge in [-0.2, -0.15) is 0 Å². The predicted octanol–water partition coefficient (Wildman–Crippen LogP) is 4.77. The second-order valence-corrected chi connectivity index (χ2v) is 6.54. The molecule has 1 heterocycles. The van der Waals surface area contributed by atoms with Gasteiger partial charge in [-0.25, -0.2) is 0 Å². The first-order valence-electron chi connectivity index (χ1n) is 7.58. The van der Waals surface area contributed by atoms with E-state index in [2.05, 4.69) is 61.8 Å². The van der Waals surface area contributed by atoms with Crippen molar-refractivity contribution in [3.05, 3.63) is 51.7 Å². The summed E-state index contributed by atoms with van der Waals surface area (Å²) >= 11 is 1.76. The molecule has 2 rings (SSSR count). The number of likely N-dealkylation sites (N-methyl/N-ethyl adjacent to an activating group) is 1. The Morgan fingerprint density at radius 1 is 1.19 bits per heavy atom. The van der Waals surface area contributed by atoms with Crippen LogP contribution in [0.2, 0.25) is 0 Å². The molecular formula is C18H25NOS. The first-order valence-corrected chi connectivity index (χ1v) is 8.46. The van der Waals surface area contributed by atoms with Crippen LogP contribution >= 0.6 is 11.3 Å². The van der Waals surface area contributed by atoms with E-state index in [1.807, 2.05) is 0 Å². The molecule has 0 amide bonds. The summed E-state index contributed by atoms with van der Waals surface area (Å²) in [5, 5.41) is 5.65. The highest BCUT2D eigenvalue weighted by Crippen LogP contribution is 2.29. The standard InChI is InChI=1S/C18H25NOS/c1-5-19-17(18-11-16(20-4)12-21-18)10-14-6-8-15(9-7-14)13(2)3/h6-9,11-13,17,19H,5,10H2,1-4H3. The number of ether oxygens (including phenoxy) is 1. The molecule has 114 valence electrons. The molecule has 0 saturated heterocycles. The minimum absolute atomic E-state index is 0.355. The molecular weight excluding hydrogens is 278 g/mol. The lowest BCUT2D eigenvalue weighted by Gasteiger charge is -2.17. The largest absolute Gasteiger partial charge is 0.496 e. The molecule has 21 heavy (non-hydrogen) atoms. The van der Waals surface area contributed by atoms with Crippen LogP contribution in [0.1, 0.15) is 48.7 Å². The Morgan fingerprint density at radius 3 is 2.43 bits per heavy atom. The Hall–Kier alpha value is -1.32. The molecule has 3 heteroatoms. The summed E-state index contributed by atoms with van der Waals surface area (Å²) in [4.78, 5) is 1.33. The van der Waals surface area contributed by atoms with Gasteiger partial charge in [0, 0.05) is 16.3 Å². The first kappa shape index (κ1) is 16.1. The summed E-state index contributed by atoms with van der Waals surface area (Å²) in [7, 11) is 1.72. The molecule has 0 saturated carbocycles. The van der Waals surface area contributed by atoms with Crippen molar-refractivity contribution in [2.45, 2.75) is 39.2 Å². The fraction of sp³-hybridized carbons (Fsp3) is 0.444. The van der Waals surface area contributed by atoms with Crippen LogP contribution in [0.3, 0.4) is 0 Å². The Bertz CT molecular complexity index is 545. The summed E-state index contributed by atoms with van der Waals surface area (Å²) in [6, 6.07) is 11.5. The highest BCUT2D eigenvalue weighted by molar-refractivity contribution is 7.10. The average molecular weight is 303 g/mol. The van der Waals surface area contributed by atoms with Crippen LogP contribution in [-0.4, -0.2) is 13.7 Å².